The molecule has 0 fully saturated rings. The molecule has 0 saturated heterocycles. The van der Waals surface area contributed by atoms with Gasteiger partial charge in [-0.2, -0.15) is 0 Å². The zero-order valence-corrected chi connectivity index (χ0v) is 37.2. The number of esters is 3. The number of rotatable bonds is 45. The molecule has 0 aliphatic heterocycles. The minimum absolute atomic E-state index is 0.0627. The molecule has 0 bridgehead atoms. The smallest absolute Gasteiger partial charge is 0.306 e. The quantitative estimate of drug-likeness (QED) is 0.0348. The summed E-state index contributed by atoms with van der Waals surface area (Å²) in [5.74, 6) is -0.853. The molecule has 0 amide bonds. The van der Waals surface area contributed by atoms with E-state index >= 15 is 0 Å². The minimum atomic E-state index is -0.757. The van der Waals surface area contributed by atoms with Gasteiger partial charge in [-0.15, -0.1) is 0 Å². The van der Waals surface area contributed by atoms with E-state index in [1.165, 1.54) is 180 Å². The molecule has 0 aromatic carbocycles. The molecule has 326 valence electrons. The highest BCUT2D eigenvalue weighted by Crippen LogP contribution is 2.16. The van der Waals surface area contributed by atoms with Gasteiger partial charge in [-0.1, -0.05) is 239 Å². The number of ether oxygens (including phenoxy) is 3. The summed E-state index contributed by atoms with van der Waals surface area (Å²) >= 11 is 0. The van der Waals surface area contributed by atoms with Crippen LogP contribution in [0.3, 0.4) is 0 Å². The second kappa shape index (κ2) is 45.1. The first kappa shape index (κ1) is 53.4. The number of unbranched alkanes of at least 4 members (excludes halogenated alkanes) is 34. The van der Waals surface area contributed by atoms with E-state index in [1.807, 2.05) is 0 Å². The van der Waals surface area contributed by atoms with Gasteiger partial charge in [0.15, 0.2) is 6.10 Å². The van der Waals surface area contributed by atoms with Gasteiger partial charge < -0.3 is 14.2 Å². The molecule has 0 unspecified atom stereocenters. The van der Waals surface area contributed by atoms with Crippen LogP contribution in [-0.2, 0) is 28.6 Å². The molecule has 0 aromatic heterocycles. The lowest BCUT2D eigenvalue weighted by Gasteiger charge is -2.18. The van der Waals surface area contributed by atoms with Crippen molar-refractivity contribution in [3.63, 3.8) is 0 Å². The Kier molecular flexibility index (Phi) is 43.8. The summed E-state index contributed by atoms with van der Waals surface area (Å²) < 4.78 is 16.7. The average molecular weight is 779 g/mol. The lowest BCUT2D eigenvalue weighted by atomic mass is 10.0. The van der Waals surface area contributed by atoms with Crippen LogP contribution < -0.4 is 0 Å². The maximum absolute atomic E-state index is 12.7. The highest BCUT2D eigenvalue weighted by atomic mass is 16.6. The topological polar surface area (TPSA) is 78.9 Å². The molecule has 0 aliphatic carbocycles. The number of hydrogen-bond donors (Lipinski definition) is 0. The average Bonchev–Trinajstić information content (AvgIpc) is 3.18. The number of carbonyl (C=O) groups excluding carboxylic acids is 3. The third kappa shape index (κ3) is 43.4. The van der Waals surface area contributed by atoms with E-state index in [1.54, 1.807) is 0 Å². The molecule has 0 spiro atoms. The van der Waals surface area contributed by atoms with E-state index in [-0.39, 0.29) is 31.1 Å². The first-order valence-corrected chi connectivity index (χ1v) is 24.5. The van der Waals surface area contributed by atoms with Gasteiger partial charge in [-0.25, -0.2) is 0 Å². The van der Waals surface area contributed by atoms with Gasteiger partial charge >= 0.3 is 17.9 Å². The standard InChI is InChI=1S/C49H94O6/c1-4-7-10-13-16-18-20-22-23-24-25-27-28-30-33-36-39-42-48(51)54-45-46(44-53-47(50)41-38-35-32-15-12-9-6-3)55-49(52)43-40-37-34-31-29-26-21-19-17-14-11-8-5-2/h46H,4-45H2,1-3H3/t46-/m0/s1. The summed E-state index contributed by atoms with van der Waals surface area (Å²) in [6, 6.07) is 0. The van der Waals surface area contributed by atoms with Crippen molar-refractivity contribution in [3.05, 3.63) is 0 Å². The Bertz CT molecular complexity index is 813. The summed E-state index contributed by atoms with van der Waals surface area (Å²) in [6.07, 6.45) is 46.7. The maximum Gasteiger partial charge on any atom is 0.306 e. The maximum atomic E-state index is 12.7. The summed E-state index contributed by atoms with van der Waals surface area (Å²) in [6.45, 7) is 6.63. The van der Waals surface area contributed by atoms with Gasteiger partial charge in [0.05, 0.1) is 0 Å². The van der Waals surface area contributed by atoms with E-state index < -0.39 is 6.10 Å². The highest BCUT2D eigenvalue weighted by Gasteiger charge is 2.19. The second-order valence-electron chi connectivity index (χ2n) is 16.7. The number of carbonyl (C=O) groups is 3. The predicted molar refractivity (Wildman–Crippen MR) is 233 cm³/mol. The van der Waals surface area contributed by atoms with E-state index in [4.69, 9.17) is 14.2 Å². The second-order valence-corrected chi connectivity index (χ2v) is 16.7. The predicted octanol–water partition coefficient (Wildman–Crippen LogP) is 15.6. The fraction of sp³-hybridized carbons (Fsp3) is 0.939. The molecule has 0 radical (unpaired) electrons. The van der Waals surface area contributed by atoms with Crippen molar-refractivity contribution in [2.75, 3.05) is 13.2 Å². The van der Waals surface area contributed by atoms with E-state index in [0.29, 0.717) is 19.3 Å². The Labute approximate surface area is 342 Å². The van der Waals surface area contributed by atoms with Crippen LogP contribution in [0, 0.1) is 0 Å². The molecule has 0 rings (SSSR count). The highest BCUT2D eigenvalue weighted by molar-refractivity contribution is 5.71. The van der Waals surface area contributed by atoms with Crippen LogP contribution in [0.2, 0.25) is 0 Å². The molecule has 6 heteroatoms. The molecule has 0 saturated carbocycles. The van der Waals surface area contributed by atoms with E-state index in [2.05, 4.69) is 20.8 Å². The third-order valence-corrected chi connectivity index (χ3v) is 11.1. The Hall–Kier alpha value is -1.59. The largest absolute Gasteiger partial charge is 0.462 e. The summed E-state index contributed by atoms with van der Waals surface area (Å²) in [5, 5.41) is 0. The monoisotopic (exact) mass is 779 g/mol. The fourth-order valence-electron chi connectivity index (χ4n) is 7.38. The molecule has 0 aliphatic rings. The van der Waals surface area contributed by atoms with Crippen molar-refractivity contribution in [1.29, 1.82) is 0 Å². The van der Waals surface area contributed by atoms with Crippen LogP contribution in [0.1, 0.15) is 278 Å². The molecule has 0 aromatic rings. The van der Waals surface area contributed by atoms with Gasteiger partial charge in [-0.3, -0.25) is 14.4 Å². The molecule has 0 N–H and O–H groups in total. The van der Waals surface area contributed by atoms with Gasteiger partial charge in [0.25, 0.3) is 0 Å². The van der Waals surface area contributed by atoms with Crippen molar-refractivity contribution in [1.82, 2.24) is 0 Å². The van der Waals surface area contributed by atoms with Crippen LogP contribution >= 0.6 is 0 Å². The minimum Gasteiger partial charge on any atom is -0.462 e. The van der Waals surface area contributed by atoms with Crippen molar-refractivity contribution >= 4 is 17.9 Å². The molecular weight excluding hydrogens is 685 g/mol. The van der Waals surface area contributed by atoms with Gasteiger partial charge in [0.1, 0.15) is 13.2 Å². The molecule has 55 heavy (non-hydrogen) atoms. The third-order valence-electron chi connectivity index (χ3n) is 11.1. The fourth-order valence-corrected chi connectivity index (χ4v) is 7.38. The Balaban J connectivity index is 4.20. The summed E-state index contributed by atoms with van der Waals surface area (Å²) in [7, 11) is 0. The molecule has 6 nitrogen and oxygen atoms in total. The Morgan fingerprint density at radius 1 is 0.291 bits per heavy atom. The van der Waals surface area contributed by atoms with Crippen LogP contribution in [0.25, 0.3) is 0 Å². The Morgan fingerprint density at radius 2 is 0.491 bits per heavy atom. The lowest BCUT2D eigenvalue weighted by molar-refractivity contribution is -0.167. The van der Waals surface area contributed by atoms with Gasteiger partial charge in [0, 0.05) is 19.3 Å². The normalized spacial score (nSPS) is 11.8. The van der Waals surface area contributed by atoms with Crippen LogP contribution in [-0.4, -0.2) is 37.2 Å². The Morgan fingerprint density at radius 3 is 0.727 bits per heavy atom. The van der Waals surface area contributed by atoms with E-state index in [0.717, 1.165) is 57.8 Å². The summed E-state index contributed by atoms with van der Waals surface area (Å²) in [5.41, 5.74) is 0. The zero-order chi connectivity index (χ0) is 40.1. The van der Waals surface area contributed by atoms with Crippen molar-refractivity contribution < 1.29 is 28.6 Å². The van der Waals surface area contributed by atoms with Crippen LogP contribution in [0.4, 0.5) is 0 Å². The van der Waals surface area contributed by atoms with Crippen molar-refractivity contribution in [2.24, 2.45) is 0 Å². The van der Waals surface area contributed by atoms with Crippen LogP contribution in [0.5, 0.6) is 0 Å². The first-order valence-electron chi connectivity index (χ1n) is 24.5. The first-order chi connectivity index (χ1) is 27.0. The lowest BCUT2D eigenvalue weighted by Crippen LogP contribution is -2.30. The van der Waals surface area contributed by atoms with Crippen molar-refractivity contribution in [3.8, 4) is 0 Å². The van der Waals surface area contributed by atoms with Crippen molar-refractivity contribution in [2.45, 2.75) is 284 Å². The summed E-state index contributed by atoms with van der Waals surface area (Å²) in [4.78, 5) is 37.7. The van der Waals surface area contributed by atoms with Gasteiger partial charge in [0.2, 0.25) is 0 Å². The molecule has 1 atom stereocenters. The van der Waals surface area contributed by atoms with E-state index in [9.17, 15) is 14.4 Å². The molecule has 0 heterocycles. The van der Waals surface area contributed by atoms with Crippen LogP contribution in [0.15, 0.2) is 0 Å². The zero-order valence-electron chi connectivity index (χ0n) is 37.2. The van der Waals surface area contributed by atoms with Gasteiger partial charge in [-0.05, 0) is 19.3 Å². The SMILES string of the molecule is CCCCCCCCCCCCCCCCCCCC(=O)OC[C@H](COC(=O)CCCCCCCCC)OC(=O)CCCCCCCCCCCCCCC. The number of hydrogen-bond acceptors (Lipinski definition) is 6. The molecular formula is C49H94O6.